The summed E-state index contributed by atoms with van der Waals surface area (Å²) >= 11 is 0. The Hall–Kier alpha value is -1.39. The largest absolute Gasteiger partial charge is 0.342 e. The average Bonchev–Trinajstić information content (AvgIpc) is 2.68. The summed E-state index contributed by atoms with van der Waals surface area (Å²) in [5, 5.41) is 0. The number of imidazole rings is 1. The fraction of sp³-hybridized carbons (Fsp3) is 0.500. The minimum atomic E-state index is 0.0128. The van der Waals surface area contributed by atoms with E-state index in [0.29, 0.717) is 6.54 Å². The number of H-pyrrole nitrogens is 1. The predicted octanol–water partition coefficient (Wildman–Crippen LogP) is 2.04. The lowest BCUT2D eigenvalue weighted by Crippen LogP contribution is -2.46. The van der Waals surface area contributed by atoms with E-state index < -0.39 is 0 Å². The van der Waals surface area contributed by atoms with Crippen molar-refractivity contribution in [3.8, 4) is 0 Å². The van der Waals surface area contributed by atoms with Gasteiger partial charge in [-0.1, -0.05) is 6.07 Å². The number of nitrogens with zero attached hydrogens (tertiary/aromatic N) is 2. The topological polar surface area (TPSA) is 57.9 Å². The third kappa shape index (κ3) is 2.54. The zero-order valence-corrected chi connectivity index (χ0v) is 11.6. The molecule has 4 nitrogen and oxygen atoms in total. The normalized spacial score (nSPS) is 12.6. The van der Waals surface area contributed by atoms with Crippen LogP contribution in [0.5, 0.6) is 0 Å². The molecule has 0 aliphatic rings. The van der Waals surface area contributed by atoms with Crippen LogP contribution in [0.15, 0.2) is 18.2 Å². The van der Waals surface area contributed by atoms with Gasteiger partial charge in [-0.3, -0.25) is 4.90 Å². The molecule has 1 aromatic carbocycles. The van der Waals surface area contributed by atoms with E-state index in [4.69, 9.17) is 5.73 Å². The Morgan fingerprint density at radius 3 is 2.78 bits per heavy atom. The quantitative estimate of drug-likeness (QED) is 0.868. The van der Waals surface area contributed by atoms with Crippen LogP contribution in [0.2, 0.25) is 0 Å². The fourth-order valence-corrected chi connectivity index (χ4v) is 1.93. The molecule has 0 bridgehead atoms. The fourth-order valence-electron chi connectivity index (χ4n) is 1.93. The van der Waals surface area contributed by atoms with Crippen molar-refractivity contribution in [2.45, 2.75) is 32.9 Å². The Morgan fingerprint density at radius 2 is 2.11 bits per heavy atom. The molecule has 1 aromatic heterocycles. The van der Waals surface area contributed by atoms with Crippen LogP contribution in [0.1, 0.15) is 25.2 Å². The zero-order chi connectivity index (χ0) is 13.3. The summed E-state index contributed by atoms with van der Waals surface area (Å²) in [5.41, 5.74) is 9.21. The Labute approximate surface area is 108 Å². The Balaban J connectivity index is 2.21. The van der Waals surface area contributed by atoms with Gasteiger partial charge in [0.25, 0.3) is 0 Å². The summed E-state index contributed by atoms with van der Waals surface area (Å²) in [7, 11) is 2.11. The van der Waals surface area contributed by atoms with Crippen molar-refractivity contribution in [3.05, 3.63) is 29.6 Å². The van der Waals surface area contributed by atoms with Gasteiger partial charge in [-0.05, 0) is 45.5 Å². The van der Waals surface area contributed by atoms with E-state index in [2.05, 4.69) is 54.0 Å². The van der Waals surface area contributed by atoms with Crippen LogP contribution in [0, 0.1) is 6.92 Å². The highest BCUT2D eigenvalue weighted by Crippen LogP contribution is 2.18. The molecule has 0 amide bonds. The standard InChI is InChI=1S/C14H22N4/c1-10-16-12-6-5-11(7-13(12)17-10)8-18(4)14(2,3)9-15/h5-7H,8-9,15H2,1-4H3,(H,16,17). The molecule has 98 valence electrons. The van der Waals surface area contributed by atoms with E-state index >= 15 is 0 Å². The number of nitrogens with one attached hydrogen (secondary N) is 1. The van der Waals surface area contributed by atoms with Gasteiger partial charge in [0, 0.05) is 18.6 Å². The van der Waals surface area contributed by atoms with Crippen LogP contribution in [0.4, 0.5) is 0 Å². The van der Waals surface area contributed by atoms with E-state index in [1.54, 1.807) is 0 Å². The number of hydrogen-bond acceptors (Lipinski definition) is 3. The van der Waals surface area contributed by atoms with E-state index in [-0.39, 0.29) is 5.54 Å². The lowest BCUT2D eigenvalue weighted by molar-refractivity contribution is 0.156. The first-order valence-electron chi connectivity index (χ1n) is 6.29. The molecule has 18 heavy (non-hydrogen) atoms. The van der Waals surface area contributed by atoms with Crippen molar-refractivity contribution in [1.29, 1.82) is 0 Å². The number of fused-ring (bicyclic) bond motifs is 1. The SMILES string of the molecule is Cc1nc2ccc(CN(C)C(C)(C)CN)cc2[nH]1. The highest BCUT2D eigenvalue weighted by atomic mass is 15.2. The van der Waals surface area contributed by atoms with E-state index in [1.165, 1.54) is 5.56 Å². The van der Waals surface area contributed by atoms with Crippen molar-refractivity contribution in [2.24, 2.45) is 5.73 Å². The van der Waals surface area contributed by atoms with Gasteiger partial charge < -0.3 is 10.7 Å². The predicted molar refractivity (Wildman–Crippen MR) is 75.4 cm³/mol. The molecule has 0 saturated carbocycles. The summed E-state index contributed by atoms with van der Waals surface area (Å²) in [6.45, 7) is 7.83. The summed E-state index contributed by atoms with van der Waals surface area (Å²) in [5.74, 6) is 0.956. The van der Waals surface area contributed by atoms with Gasteiger partial charge in [-0.15, -0.1) is 0 Å². The molecular weight excluding hydrogens is 224 g/mol. The molecule has 2 rings (SSSR count). The number of aromatic amines is 1. The summed E-state index contributed by atoms with van der Waals surface area (Å²) < 4.78 is 0. The molecule has 0 aliphatic carbocycles. The van der Waals surface area contributed by atoms with Crippen molar-refractivity contribution in [1.82, 2.24) is 14.9 Å². The minimum Gasteiger partial charge on any atom is -0.342 e. The van der Waals surface area contributed by atoms with Crippen LogP contribution in [-0.4, -0.2) is 34.0 Å². The maximum Gasteiger partial charge on any atom is 0.104 e. The second-order valence-corrected chi connectivity index (χ2v) is 5.55. The molecule has 0 spiro atoms. The van der Waals surface area contributed by atoms with Crippen molar-refractivity contribution < 1.29 is 0 Å². The van der Waals surface area contributed by atoms with Crippen LogP contribution in [0.25, 0.3) is 11.0 Å². The van der Waals surface area contributed by atoms with Gasteiger partial charge in [0.15, 0.2) is 0 Å². The first-order chi connectivity index (χ1) is 8.42. The number of hydrogen-bond donors (Lipinski definition) is 2. The van der Waals surface area contributed by atoms with Gasteiger partial charge >= 0.3 is 0 Å². The number of benzene rings is 1. The van der Waals surface area contributed by atoms with Crippen LogP contribution in [0.3, 0.4) is 0 Å². The number of aryl methyl sites for hydroxylation is 1. The Bertz CT molecular complexity index is 542. The number of likely N-dealkylation sites (N-methyl/N-ethyl adjacent to an activating group) is 1. The van der Waals surface area contributed by atoms with E-state index in [0.717, 1.165) is 23.4 Å². The second kappa shape index (κ2) is 4.71. The minimum absolute atomic E-state index is 0.0128. The molecule has 1 heterocycles. The van der Waals surface area contributed by atoms with Gasteiger partial charge in [0.1, 0.15) is 5.82 Å². The average molecular weight is 246 g/mol. The molecule has 0 fully saturated rings. The number of rotatable bonds is 4. The van der Waals surface area contributed by atoms with Crippen LogP contribution >= 0.6 is 0 Å². The third-order valence-corrected chi connectivity index (χ3v) is 3.62. The smallest absolute Gasteiger partial charge is 0.104 e. The molecule has 0 radical (unpaired) electrons. The lowest BCUT2D eigenvalue weighted by atomic mass is 10.0. The first kappa shape index (κ1) is 13.1. The monoisotopic (exact) mass is 246 g/mol. The molecule has 2 aromatic rings. The maximum absolute atomic E-state index is 5.80. The van der Waals surface area contributed by atoms with Crippen LogP contribution in [-0.2, 0) is 6.54 Å². The van der Waals surface area contributed by atoms with Crippen molar-refractivity contribution in [2.75, 3.05) is 13.6 Å². The van der Waals surface area contributed by atoms with Crippen LogP contribution < -0.4 is 5.73 Å². The number of aromatic nitrogens is 2. The summed E-state index contributed by atoms with van der Waals surface area (Å²) in [6, 6.07) is 6.36. The molecule has 0 unspecified atom stereocenters. The highest BCUT2D eigenvalue weighted by molar-refractivity contribution is 5.75. The van der Waals surface area contributed by atoms with Gasteiger partial charge in [-0.2, -0.15) is 0 Å². The first-order valence-corrected chi connectivity index (χ1v) is 6.29. The molecule has 4 heteroatoms. The molecule has 0 saturated heterocycles. The maximum atomic E-state index is 5.80. The van der Waals surface area contributed by atoms with Gasteiger partial charge in [0.2, 0.25) is 0 Å². The molecule has 0 atom stereocenters. The van der Waals surface area contributed by atoms with Gasteiger partial charge in [-0.25, -0.2) is 4.98 Å². The van der Waals surface area contributed by atoms with Gasteiger partial charge in [0.05, 0.1) is 11.0 Å². The summed E-state index contributed by atoms with van der Waals surface area (Å²) in [6.07, 6.45) is 0. The van der Waals surface area contributed by atoms with E-state index in [9.17, 15) is 0 Å². The molecular formula is C14H22N4. The van der Waals surface area contributed by atoms with Crippen molar-refractivity contribution >= 4 is 11.0 Å². The zero-order valence-electron chi connectivity index (χ0n) is 11.6. The summed E-state index contributed by atoms with van der Waals surface area (Å²) in [4.78, 5) is 9.95. The Kier molecular flexibility index (Phi) is 3.41. The lowest BCUT2D eigenvalue weighted by Gasteiger charge is -2.34. The second-order valence-electron chi connectivity index (χ2n) is 5.55. The number of nitrogens with two attached hydrogens (primary N) is 1. The molecule has 3 N–H and O–H groups in total. The highest BCUT2D eigenvalue weighted by Gasteiger charge is 2.21. The third-order valence-electron chi connectivity index (χ3n) is 3.62. The molecule has 0 aliphatic heterocycles. The Morgan fingerprint density at radius 1 is 1.39 bits per heavy atom. The van der Waals surface area contributed by atoms with E-state index in [1.807, 2.05) is 6.92 Å². The van der Waals surface area contributed by atoms with Crippen molar-refractivity contribution in [3.63, 3.8) is 0 Å².